The summed E-state index contributed by atoms with van der Waals surface area (Å²) in [6.45, 7) is 3.73. The van der Waals surface area contributed by atoms with Crippen LogP contribution in [0, 0.1) is 0 Å². The number of aliphatic imine (C=N–C) groups is 1. The highest BCUT2D eigenvalue weighted by molar-refractivity contribution is 14.0. The lowest BCUT2D eigenvalue weighted by Gasteiger charge is -2.35. The number of aryl methyl sites for hydroxylation is 1. The van der Waals surface area contributed by atoms with Gasteiger partial charge in [-0.2, -0.15) is 5.10 Å². The van der Waals surface area contributed by atoms with E-state index in [1.165, 1.54) is 32.1 Å². The van der Waals surface area contributed by atoms with Crippen LogP contribution in [0.3, 0.4) is 0 Å². The molecule has 8 nitrogen and oxygen atoms in total. The van der Waals surface area contributed by atoms with Crippen LogP contribution in [0.2, 0.25) is 0 Å². The zero-order chi connectivity index (χ0) is 19.9. The largest absolute Gasteiger partial charge is 0.356 e. The summed E-state index contributed by atoms with van der Waals surface area (Å²) < 4.78 is 1.72. The molecule has 164 valence electrons. The van der Waals surface area contributed by atoms with E-state index in [1.807, 2.05) is 18.1 Å². The molecular weight excluding hydrogens is 481 g/mol. The summed E-state index contributed by atoms with van der Waals surface area (Å²) >= 11 is 0. The molecule has 1 saturated carbocycles. The molecule has 0 bridgehead atoms. The molecule has 0 unspecified atom stereocenters. The minimum Gasteiger partial charge on any atom is -0.356 e. The van der Waals surface area contributed by atoms with Crippen LogP contribution >= 0.6 is 24.0 Å². The van der Waals surface area contributed by atoms with Crippen LogP contribution < -0.4 is 10.2 Å². The number of nitrogens with zero attached hydrogens (tertiary/aromatic N) is 6. The van der Waals surface area contributed by atoms with Crippen LogP contribution in [0.5, 0.6) is 0 Å². The van der Waals surface area contributed by atoms with Crippen molar-refractivity contribution in [1.82, 2.24) is 24.9 Å². The molecule has 0 atom stereocenters. The lowest BCUT2D eigenvalue weighted by Crippen LogP contribution is -2.55. The van der Waals surface area contributed by atoms with Gasteiger partial charge in [-0.3, -0.25) is 14.5 Å². The van der Waals surface area contributed by atoms with Gasteiger partial charge in [0.25, 0.3) is 0 Å². The van der Waals surface area contributed by atoms with Crippen molar-refractivity contribution in [3.63, 3.8) is 0 Å². The maximum absolute atomic E-state index is 12.6. The van der Waals surface area contributed by atoms with E-state index >= 15 is 0 Å². The van der Waals surface area contributed by atoms with Crippen LogP contribution in [0.25, 0.3) is 0 Å². The van der Waals surface area contributed by atoms with Crippen LogP contribution in [-0.4, -0.2) is 84.3 Å². The molecule has 9 heteroatoms. The number of rotatable bonds is 6. The van der Waals surface area contributed by atoms with Crippen molar-refractivity contribution in [2.75, 3.05) is 51.7 Å². The Balaban J connectivity index is 0.00000300. The molecule has 3 rings (SSSR count). The van der Waals surface area contributed by atoms with Gasteiger partial charge in [-0.25, -0.2) is 0 Å². The SMILES string of the molecule is CN=C(NCCCN(C)C1CCCCC1)N1CCN(c2cnn(C)c2)C(=O)C1.I. The van der Waals surface area contributed by atoms with Gasteiger partial charge in [0.05, 0.1) is 11.9 Å². The zero-order valence-corrected chi connectivity index (χ0v) is 20.3. The van der Waals surface area contributed by atoms with E-state index in [0.717, 1.165) is 43.7 Å². The van der Waals surface area contributed by atoms with E-state index in [4.69, 9.17) is 0 Å². The zero-order valence-electron chi connectivity index (χ0n) is 18.0. The molecule has 1 N–H and O–H groups in total. The molecule has 2 heterocycles. The number of piperazine rings is 1. The highest BCUT2D eigenvalue weighted by Gasteiger charge is 2.27. The summed E-state index contributed by atoms with van der Waals surface area (Å²) in [7, 11) is 5.90. The van der Waals surface area contributed by atoms with Gasteiger partial charge in [0, 0.05) is 46.0 Å². The second-order valence-corrected chi connectivity index (χ2v) is 7.94. The van der Waals surface area contributed by atoms with Crippen LogP contribution in [0.4, 0.5) is 5.69 Å². The number of aromatic nitrogens is 2. The number of nitrogens with one attached hydrogen (secondary N) is 1. The van der Waals surface area contributed by atoms with Gasteiger partial charge in [-0.05, 0) is 32.9 Å². The molecule has 29 heavy (non-hydrogen) atoms. The molecule has 1 amide bonds. The van der Waals surface area contributed by atoms with E-state index in [2.05, 4.69) is 27.4 Å². The molecule has 2 fully saturated rings. The fourth-order valence-corrected chi connectivity index (χ4v) is 4.24. The first-order valence-corrected chi connectivity index (χ1v) is 10.5. The van der Waals surface area contributed by atoms with Crippen molar-refractivity contribution in [3.05, 3.63) is 12.4 Å². The second kappa shape index (κ2) is 11.7. The first-order chi connectivity index (χ1) is 13.6. The normalized spacial score (nSPS) is 18.9. The molecule has 1 aromatic rings. The van der Waals surface area contributed by atoms with E-state index in [9.17, 15) is 4.79 Å². The van der Waals surface area contributed by atoms with Crippen molar-refractivity contribution in [3.8, 4) is 0 Å². The first-order valence-electron chi connectivity index (χ1n) is 10.5. The lowest BCUT2D eigenvalue weighted by molar-refractivity contribution is -0.120. The lowest BCUT2D eigenvalue weighted by atomic mass is 9.94. The summed E-state index contributed by atoms with van der Waals surface area (Å²) in [5.74, 6) is 0.902. The van der Waals surface area contributed by atoms with Crippen LogP contribution in [-0.2, 0) is 11.8 Å². The van der Waals surface area contributed by atoms with Gasteiger partial charge < -0.3 is 20.0 Å². The Labute approximate surface area is 191 Å². The molecule has 1 aromatic heterocycles. The van der Waals surface area contributed by atoms with Gasteiger partial charge in [0.2, 0.25) is 5.91 Å². The first kappa shape index (κ1) is 23.9. The van der Waals surface area contributed by atoms with Crippen LogP contribution in [0.15, 0.2) is 17.4 Å². The highest BCUT2D eigenvalue weighted by Crippen LogP contribution is 2.21. The number of hydrogen-bond donors (Lipinski definition) is 1. The Bertz CT molecular complexity index is 672. The molecular formula is C20H36IN7O. The van der Waals surface area contributed by atoms with Crippen molar-refractivity contribution in [2.24, 2.45) is 12.0 Å². The number of hydrogen-bond acceptors (Lipinski definition) is 4. The quantitative estimate of drug-likeness (QED) is 0.270. The van der Waals surface area contributed by atoms with Crippen LogP contribution in [0.1, 0.15) is 38.5 Å². The number of anilines is 1. The van der Waals surface area contributed by atoms with Crippen molar-refractivity contribution in [1.29, 1.82) is 0 Å². The van der Waals surface area contributed by atoms with E-state index in [1.54, 1.807) is 22.8 Å². The average molecular weight is 517 g/mol. The molecule has 1 saturated heterocycles. The summed E-state index contributed by atoms with van der Waals surface area (Å²) in [5.41, 5.74) is 0.862. The van der Waals surface area contributed by atoms with Gasteiger partial charge in [-0.15, -0.1) is 24.0 Å². The maximum atomic E-state index is 12.6. The summed E-state index contributed by atoms with van der Waals surface area (Å²) in [6.07, 6.45) is 11.5. The standard InChI is InChI=1S/C20H35N7O.HI/c1-21-20(22-10-7-11-24(2)17-8-5-4-6-9-17)26-12-13-27(19(28)16-26)18-14-23-25(3)15-18;/h14-15,17H,4-13,16H2,1-3H3,(H,21,22);1H. The van der Waals surface area contributed by atoms with Gasteiger partial charge in [0.15, 0.2) is 5.96 Å². The Hall–Kier alpha value is -1.36. The van der Waals surface area contributed by atoms with Crippen molar-refractivity contribution < 1.29 is 4.79 Å². The predicted octanol–water partition coefficient (Wildman–Crippen LogP) is 1.92. The number of halogens is 1. The Kier molecular flexibility index (Phi) is 9.67. The fourth-order valence-electron chi connectivity index (χ4n) is 4.24. The predicted molar refractivity (Wildman–Crippen MR) is 128 cm³/mol. The van der Waals surface area contributed by atoms with Gasteiger partial charge >= 0.3 is 0 Å². The molecule has 2 aliphatic rings. The smallest absolute Gasteiger partial charge is 0.246 e. The highest BCUT2D eigenvalue weighted by atomic mass is 127. The molecule has 0 radical (unpaired) electrons. The number of amides is 1. The number of guanidine groups is 1. The Morgan fingerprint density at radius 1 is 1.31 bits per heavy atom. The topological polar surface area (TPSA) is 69.0 Å². The summed E-state index contributed by atoms with van der Waals surface area (Å²) in [4.78, 5) is 23.3. The van der Waals surface area contributed by atoms with Gasteiger partial charge in [-0.1, -0.05) is 19.3 Å². The molecule has 1 aliphatic carbocycles. The minimum atomic E-state index is 0. The summed E-state index contributed by atoms with van der Waals surface area (Å²) in [5, 5.41) is 7.60. The Morgan fingerprint density at radius 2 is 2.07 bits per heavy atom. The molecule has 1 aliphatic heterocycles. The van der Waals surface area contributed by atoms with Crippen molar-refractivity contribution in [2.45, 2.75) is 44.6 Å². The Morgan fingerprint density at radius 3 is 2.69 bits per heavy atom. The molecule has 0 spiro atoms. The van der Waals surface area contributed by atoms with E-state index in [0.29, 0.717) is 13.1 Å². The second-order valence-electron chi connectivity index (χ2n) is 7.94. The summed E-state index contributed by atoms with van der Waals surface area (Å²) in [6, 6.07) is 0.756. The van der Waals surface area contributed by atoms with Gasteiger partial charge in [0.1, 0.15) is 6.54 Å². The van der Waals surface area contributed by atoms with E-state index < -0.39 is 0 Å². The molecule has 0 aromatic carbocycles. The third kappa shape index (κ3) is 6.56. The third-order valence-corrected chi connectivity index (χ3v) is 5.90. The third-order valence-electron chi connectivity index (χ3n) is 5.90. The minimum absolute atomic E-state index is 0. The van der Waals surface area contributed by atoms with E-state index in [-0.39, 0.29) is 29.9 Å². The maximum Gasteiger partial charge on any atom is 0.246 e. The fraction of sp³-hybridized carbons (Fsp3) is 0.750. The number of carbonyl (C=O) groups excluding carboxylic acids is 1. The monoisotopic (exact) mass is 517 g/mol. The number of carbonyl (C=O) groups is 1. The van der Waals surface area contributed by atoms with Crippen molar-refractivity contribution >= 4 is 41.5 Å². The average Bonchev–Trinajstić information content (AvgIpc) is 3.14.